The summed E-state index contributed by atoms with van der Waals surface area (Å²) in [7, 11) is 0. The molecule has 0 rings (SSSR count). The Hall–Kier alpha value is -2.69. The molecule has 8 N–H and O–H groups in total. The zero-order chi connectivity index (χ0) is 22.0. The van der Waals surface area contributed by atoms with Crippen molar-refractivity contribution in [3.63, 3.8) is 0 Å². The van der Waals surface area contributed by atoms with Crippen LogP contribution in [0.1, 0.15) is 47.0 Å². The maximum atomic E-state index is 12.7. The van der Waals surface area contributed by atoms with E-state index in [1.165, 1.54) is 13.8 Å². The highest BCUT2D eigenvalue weighted by atomic mass is 16.4. The monoisotopic (exact) mass is 401 g/mol. The van der Waals surface area contributed by atoms with Gasteiger partial charge in [0.25, 0.3) is 0 Å². The van der Waals surface area contributed by atoms with Gasteiger partial charge in [-0.05, 0) is 26.2 Å². The van der Waals surface area contributed by atoms with Crippen molar-refractivity contribution >= 4 is 29.6 Å². The number of nitrogens with one attached hydrogen (secondary N) is 3. The summed E-state index contributed by atoms with van der Waals surface area (Å²) in [6.45, 7) is 6.31. The third-order valence-electron chi connectivity index (χ3n) is 4.25. The van der Waals surface area contributed by atoms with Crippen LogP contribution in [0.3, 0.4) is 0 Å². The highest BCUT2D eigenvalue weighted by Crippen LogP contribution is 2.10. The van der Waals surface area contributed by atoms with Gasteiger partial charge < -0.3 is 32.5 Å². The summed E-state index contributed by atoms with van der Waals surface area (Å²) >= 11 is 0. The molecule has 0 aliphatic heterocycles. The fraction of sp³-hybridized carbons (Fsp3) is 0.706. The molecular weight excluding hydrogens is 370 g/mol. The molecule has 0 spiro atoms. The number of carbonyl (C=O) groups excluding carboxylic acids is 4. The second-order valence-corrected chi connectivity index (χ2v) is 6.80. The molecule has 0 aliphatic carbocycles. The lowest BCUT2D eigenvalue weighted by Gasteiger charge is -2.27. The van der Waals surface area contributed by atoms with Crippen molar-refractivity contribution in [1.82, 2.24) is 16.0 Å². The maximum absolute atomic E-state index is 12.7. The molecule has 0 aromatic rings. The number of carbonyl (C=O) groups is 5. The van der Waals surface area contributed by atoms with Crippen LogP contribution in [0, 0.1) is 5.92 Å². The summed E-state index contributed by atoms with van der Waals surface area (Å²) < 4.78 is 0. The fourth-order valence-electron chi connectivity index (χ4n) is 2.18. The van der Waals surface area contributed by atoms with E-state index in [0.717, 1.165) is 0 Å². The van der Waals surface area contributed by atoms with Gasteiger partial charge in [-0.1, -0.05) is 20.3 Å². The first-order valence-corrected chi connectivity index (χ1v) is 9.08. The van der Waals surface area contributed by atoms with E-state index >= 15 is 0 Å². The molecular formula is C17H31N5O6. The number of aliphatic carboxylic acids is 1. The predicted octanol–water partition coefficient (Wildman–Crippen LogP) is -1.80. The van der Waals surface area contributed by atoms with Crippen LogP contribution in [0.2, 0.25) is 0 Å². The van der Waals surface area contributed by atoms with Gasteiger partial charge in [-0.15, -0.1) is 0 Å². The van der Waals surface area contributed by atoms with Gasteiger partial charge in [0.15, 0.2) is 0 Å². The molecule has 0 fully saturated rings. The summed E-state index contributed by atoms with van der Waals surface area (Å²) in [5, 5.41) is 16.2. The standard InChI is InChI=1S/C17H31N5O6/c1-5-8(2)13(22-14(24)9(3)18)16(26)21-11(6-7-12(19)23)15(25)20-10(4)17(27)28/h8-11,13H,5-7,18H2,1-4H3,(H2,19,23)(H,20,25)(H,21,26)(H,22,24)(H,27,28). The lowest BCUT2D eigenvalue weighted by Crippen LogP contribution is -2.58. The number of carboxylic acids is 1. The van der Waals surface area contributed by atoms with Crippen LogP contribution in [0.15, 0.2) is 0 Å². The highest BCUT2D eigenvalue weighted by Gasteiger charge is 2.31. The number of amides is 4. The lowest BCUT2D eigenvalue weighted by molar-refractivity contribution is -0.142. The molecule has 11 nitrogen and oxygen atoms in total. The molecule has 0 saturated carbocycles. The Kier molecular flexibility index (Phi) is 10.8. The average Bonchev–Trinajstić information content (AvgIpc) is 2.61. The van der Waals surface area contributed by atoms with E-state index in [1.807, 2.05) is 6.92 Å². The van der Waals surface area contributed by atoms with Crippen molar-refractivity contribution in [2.75, 3.05) is 0 Å². The van der Waals surface area contributed by atoms with Gasteiger partial charge in [0, 0.05) is 6.42 Å². The molecule has 5 atom stereocenters. The van der Waals surface area contributed by atoms with Crippen LogP contribution in [0.25, 0.3) is 0 Å². The maximum Gasteiger partial charge on any atom is 0.325 e. The number of rotatable bonds is 12. The van der Waals surface area contributed by atoms with Crippen LogP contribution in [0.5, 0.6) is 0 Å². The third kappa shape index (κ3) is 8.80. The first-order chi connectivity index (χ1) is 12.9. The minimum atomic E-state index is -1.25. The fourth-order valence-corrected chi connectivity index (χ4v) is 2.18. The highest BCUT2D eigenvalue weighted by molar-refractivity contribution is 5.94. The average molecular weight is 401 g/mol. The van der Waals surface area contributed by atoms with E-state index in [0.29, 0.717) is 6.42 Å². The van der Waals surface area contributed by atoms with E-state index < -0.39 is 53.8 Å². The third-order valence-corrected chi connectivity index (χ3v) is 4.25. The minimum absolute atomic E-state index is 0.117. The van der Waals surface area contributed by atoms with Gasteiger partial charge in [-0.3, -0.25) is 24.0 Å². The Morgan fingerprint density at radius 3 is 1.93 bits per heavy atom. The van der Waals surface area contributed by atoms with Crippen LogP contribution in [0.4, 0.5) is 0 Å². The van der Waals surface area contributed by atoms with Crippen molar-refractivity contribution in [2.24, 2.45) is 17.4 Å². The molecule has 0 bridgehead atoms. The van der Waals surface area contributed by atoms with Crippen molar-refractivity contribution in [1.29, 1.82) is 0 Å². The summed E-state index contributed by atoms with van der Waals surface area (Å²) in [5.41, 5.74) is 10.6. The lowest BCUT2D eigenvalue weighted by atomic mass is 9.97. The Morgan fingerprint density at radius 2 is 1.50 bits per heavy atom. The normalized spacial score (nSPS) is 16.0. The summed E-state index contributed by atoms with van der Waals surface area (Å²) in [6.07, 6.45) is 0.249. The smallest absolute Gasteiger partial charge is 0.325 e. The molecule has 0 aliphatic rings. The quantitative estimate of drug-likeness (QED) is 0.222. The summed E-state index contributed by atoms with van der Waals surface area (Å²) in [4.78, 5) is 59.0. The number of primary amides is 1. The second kappa shape index (κ2) is 11.9. The molecule has 5 unspecified atom stereocenters. The molecule has 4 amide bonds. The van der Waals surface area contributed by atoms with Crippen LogP contribution in [-0.4, -0.2) is 58.9 Å². The van der Waals surface area contributed by atoms with E-state index in [4.69, 9.17) is 16.6 Å². The van der Waals surface area contributed by atoms with Gasteiger partial charge in [0.2, 0.25) is 23.6 Å². The van der Waals surface area contributed by atoms with Crippen molar-refractivity contribution in [2.45, 2.75) is 71.1 Å². The summed E-state index contributed by atoms with van der Waals surface area (Å²) in [6, 6.07) is -4.17. The molecule has 160 valence electrons. The topological polar surface area (TPSA) is 194 Å². The molecule has 11 heteroatoms. The zero-order valence-corrected chi connectivity index (χ0v) is 16.7. The van der Waals surface area contributed by atoms with Crippen LogP contribution in [-0.2, 0) is 24.0 Å². The number of nitrogens with two attached hydrogens (primary N) is 2. The SMILES string of the molecule is CCC(C)C(NC(=O)C(C)N)C(=O)NC(CCC(N)=O)C(=O)NC(C)C(=O)O. The van der Waals surface area contributed by atoms with Gasteiger partial charge in [-0.25, -0.2) is 0 Å². The Labute approximate surface area is 164 Å². The Bertz CT molecular complexity index is 595. The molecule has 0 aromatic carbocycles. The van der Waals surface area contributed by atoms with E-state index in [-0.39, 0.29) is 18.8 Å². The van der Waals surface area contributed by atoms with Crippen molar-refractivity contribution in [3.8, 4) is 0 Å². The van der Waals surface area contributed by atoms with Gasteiger partial charge in [0.05, 0.1) is 6.04 Å². The summed E-state index contributed by atoms with van der Waals surface area (Å²) in [5.74, 6) is -4.14. The minimum Gasteiger partial charge on any atom is -0.480 e. The predicted molar refractivity (Wildman–Crippen MR) is 101 cm³/mol. The van der Waals surface area contributed by atoms with Crippen LogP contribution >= 0.6 is 0 Å². The van der Waals surface area contributed by atoms with Crippen molar-refractivity contribution < 1.29 is 29.1 Å². The Morgan fingerprint density at radius 1 is 0.929 bits per heavy atom. The largest absolute Gasteiger partial charge is 0.480 e. The van der Waals surface area contributed by atoms with Gasteiger partial charge in [-0.2, -0.15) is 0 Å². The molecule has 0 aromatic heterocycles. The first-order valence-electron chi connectivity index (χ1n) is 9.08. The van der Waals surface area contributed by atoms with E-state index in [9.17, 15) is 24.0 Å². The van der Waals surface area contributed by atoms with Gasteiger partial charge >= 0.3 is 5.97 Å². The number of hydrogen-bond acceptors (Lipinski definition) is 6. The Balaban J connectivity index is 5.38. The van der Waals surface area contributed by atoms with Crippen molar-refractivity contribution in [3.05, 3.63) is 0 Å². The number of hydrogen-bond donors (Lipinski definition) is 6. The molecule has 0 heterocycles. The zero-order valence-electron chi connectivity index (χ0n) is 16.7. The molecule has 28 heavy (non-hydrogen) atoms. The first kappa shape index (κ1) is 25.3. The van der Waals surface area contributed by atoms with E-state index in [2.05, 4.69) is 16.0 Å². The molecule has 0 radical (unpaired) electrons. The second-order valence-electron chi connectivity index (χ2n) is 6.80. The molecule has 0 saturated heterocycles. The van der Waals surface area contributed by atoms with Crippen LogP contribution < -0.4 is 27.4 Å². The number of carboxylic acid groups (broad SMARTS) is 1. The van der Waals surface area contributed by atoms with Gasteiger partial charge in [0.1, 0.15) is 18.1 Å². The van der Waals surface area contributed by atoms with E-state index in [1.54, 1.807) is 6.92 Å².